The fraction of sp³-hybridized carbons (Fsp3) is 0.688. The quantitative estimate of drug-likeness (QED) is 0.839. The highest BCUT2D eigenvalue weighted by Gasteiger charge is 2.57. The molecule has 0 amide bonds. The number of nitrogens with two attached hydrogens (primary N) is 1. The van der Waals surface area contributed by atoms with E-state index in [9.17, 15) is 5.11 Å². The second kappa shape index (κ2) is 5.87. The second-order valence-electron chi connectivity index (χ2n) is 7.00. The van der Waals surface area contributed by atoms with Crippen molar-refractivity contribution in [3.8, 4) is 0 Å². The van der Waals surface area contributed by atoms with E-state index in [1.807, 2.05) is 20.8 Å². The number of ether oxygens (including phenoxy) is 3. The molecule has 0 aliphatic carbocycles. The third-order valence-corrected chi connectivity index (χ3v) is 4.69. The van der Waals surface area contributed by atoms with E-state index in [1.165, 1.54) is 6.33 Å². The van der Waals surface area contributed by atoms with Crippen molar-refractivity contribution in [3.05, 3.63) is 12.7 Å². The molecule has 9 nitrogen and oxygen atoms in total. The number of aliphatic hydroxyl groups excluding tert-OH is 1. The molecule has 0 spiro atoms. The maximum absolute atomic E-state index is 10.5. The zero-order chi connectivity index (χ0) is 17.8. The molecule has 5 atom stereocenters. The topological polar surface area (TPSA) is 118 Å². The average Bonchev–Trinajstić information content (AvgIpc) is 3.18. The molecule has 0 aromatic carbocycles. The summed E-state index contributed by atoms with van der Waals surface area (Å²) in [6.07, 6.45) is 2.13. The molecule has 0 bridgehead atoms. The Labute approximate surface area is 145 Å². The number of anilines is 1. The van der Waals surface area contributed by atoms with E-state index in [4.69, 9.17) is 19.9 Å². The molecule has 2 aliphatic heterocycles. The lowest BCUT2D eigenvalue weighted by Gasteiger charge is -2.26. The van der Waals surface area contributed by atoms with Gasteiger partial charge in [0.15, 0.2) is 23.5 Å². The van der Waals surface area contributed by atoms with Gasteiger partial charge in [-0.1, -0.05) is 13.3 Å². The molecule has 2 aromatic heterocycles. The second-order valence-corrected chi connectivity index (χ2v) is 7.00. The number of nitrogens with zero attached hydrogens (tertiary/aromatic N) is 4. The molecule has 25 heavy (non-hydrogen) atoms. The lowest BCUT2D eigenvalue weighted by atomic mass is 10.0. The molecule has 2 aliphatic rings. The summed E-state index contributed by atoms with van der Waals surface area (Å²) in [5.41, 5.74) is 6.95. The van der Waals surface area contributed by atoms with Crippen molar-refractivity contribution in [1.29, 1.82) is 0 Å². The van der Waals surface area contributed by atoms with Crippen molar-refractivity contribution >= 4 is 17.0 Å². The van der Waals surface area contributed by atoms with E-state index in [1.54, 1.807) is 10.9 Å². The highest BCUT2D eigenvalue weighted by molar-refractivity contribution is 5.81. The van der Waals surface area contributed by atoms with Gasteiger partial charge in [-0.2, -0.15) is 0 Å². The van der Waals surface area contributed by atoms with Gasteiger partial charge in [0.2, 0.25) is 0 Å². The Morgan fingerprint density at radius 1 is 1.28 bits per heavy atom. The van der Waals surface area contributed by atoms with Crippen LogP contribution in [0.2, 0.25) is 0 Å². The third-order valence-electron chi connectivity index (χ3n) is 4.69. The number of aromatic nitrogens is 4. The van der Waals surface area contributed by atoms with Crippen LogP contribution < -0.4 is 5.73 Å². The van der Waals surface area contributed by atoms with Gasteiger partial charge in [-0.3, -0.25) is 4.57 Å². The van der Waals surface area contributed by atoms with Crippen LogP contribution in [-0.4, -0.2) is 54.8 Å². The molecular formula is C16H23N5O4. The summed E-state index contributed by atoms with van der Waals surface area (Å²) in [6, 6.07) is 0. The average molecular weight is 349 g/mol. The molecule has 0 radical (unpaired) electrons. The largest absolute Gasteiger partial charge is 0.390 e. The standard InChI is InChI=1S/C16H23N5O4/c1-4-5-8(22)10-11-12(25-16(2,3)24-11)15(23-10)21-7-20-9-13(17)18-6-19-14(9)21/h6-8,10-12,15,22H,4-5H2,1-3H3,(H2,17,18,19)/t8-,10-,11-,12-,15-/m1/s1. The van der Waals surface area contributed by atoms with Crippen molar-refractivity contribution in [3.63, 3.8) is 0 Å². The number of aliphatic hydroxyl groups is 1. The lowest BCUT2D eigenvalue weighted by molar-refractivity contribution is -0.207. The summed E-state index contributed by atoms with van der Waals surface area (Å²) in [5, 5.41) is 10.5. The van der Waals surface area contributed by atoms with Gasteiger partial charge >= 0.3 is 0 Å². The normalized spacial score (nSPS) is 32.2. The zero-order valence-electron chi connectivity index (χ0n) is 14.5. The molecule has 4 heterocycles. The fourth-order valence-electron chi connectivity index (χ4n) is 3.66. The molecule has 136 valence electrons. The molecule has 3 N–H and O–H groups in total. The Morgan fingerprint density at radius 2 is 2.04 bits per heavy atom. The van der Waals surface area contributed by atoms with Gasteiger partial charge in [-0.25, -0.2) is 15.0 Å². The van der Waals surface area contributed by atoms with Crippen molar-refractivity contribution < 1.29 is 19.3 Å². The fourth-order valence-corrected chi connectivity index (χ4v) is 3.66. The maximum Gasteiger partial charge on any atom is 0.167 e. The summed E-state index contributed by atoms with van der Waals surface area (Å²) in [7, 11) is 0. The van der Waals surface area contributed by atoms with Gasteiger partial charge in [0.1, 0.15) is 30.2 Å². The first kappa shape index (κ1) is 16.6. The number of rotatable bonds is 4. The number of fused-ring (bicyclic) bond motifs is 2. The van der Waals surface area contributed by atoms with Crippen LogP contribution in [0.4, 0.5) is 5.82 Å². The minimum absolute atomic E-state index is 0.310. The van der Waals surface area contributed by atoms with E-state index in [2.05, 4.69) is 15.0 Å². The van der Waals surface area contributed by atoms with Gasteiger partial charge in [0, 0.05) is 0 Å². The van der Waals surface area contributed by atoms with Crippen LogP contribution >= 0.6 is 0 Å². The molecule has 2 fully saturated rings. The Kier molecular flexibility index (Phi) is 3.91. The number of hydrogen-bond acceptors (Lipinski definition) is 8. The van der Waals surface area contributed by atoms with Crippen molar-refractivity contribution in [2.45, 2.75) is 70.0 Å². The van der Waals surface area contributed by atoms with Crippen LogP contribution in [0.15, 0.2) is 12.7 Å². The summed E-state index contributed by atoms with van der Waals surface area (Å²) >= 11 is 0. The van der Waals surface area contributed by atoms with Gasteiger partial charge in [-0.05, 0) is 20.3 Å². The number of imidazole rings is 1. The monoisotopic (exact) mass is 349 g/mol. The Bertz CT molecular complexity index is 779. The van der Waals surface area contributed by atoms with Gasteiger partial charge in [0.05, 0.1) is 12.4 Å². The van der Waals surface area contributed by atoms with E-state index in [0.717, 1.165) is 6.42 Å². The van der Waals surface area contributed by atoms with Crippen LogP contribution in [0.1, 0.15) is 39.8 Å². The predicted octanol–water partition coefficient (Wildman–Crippen LogP) is 0.987. The van der Waals surface area contributed by atoms with Gasteiger partial charge in [0.25, 0.3) is 0 Å². The predicted molar refractivity (Wildman–Crippen MR) is 88.4 cm³/mol. The molecule has 2 saturated heterocycles. The Balaban J connectivity index is 1.72. The third kappa shape index (κ3) is 2.67. The highest BCUT2D eigenvalue weighted by atomic mass is 16.8. The van der Waals surface area contributed by atoms with Gasteiger partial charge < -0.3 is 25.1 Å². The van der Waals surface area contributed by atoms with Gasteiger partial charge in [-0.15, -0.1) is 0 Å². The summed E-state index contributed by atoms with van der Waals surface area (Å²) in [6.45, 7) is 5.74. The number of nitrogen functional groups attached to an aromatic ring is 1. The zero-order valence-corrected chi connectivity index (χ0v) is 14.5. The molecule has 2 aromatic rings. The Hall–Kier alpha value is -1.81. The van der Waals surface area contributed by atoms with Crippen LogP contribution in [0.25, 0.3) is 11.2 Å². The molecular weight excluding hydrogens is 326 g/mol. The first-order valence-electron chi connectivity index (χ1n) is 8.53. The van der Waals surface area contributed by atoms with E-state index < -0.39 is 24.2 Å². The van der Waals surface area contributed by atoms with E-state index >= 15 is 0 Å². The first-order valence-corrected chi connectivity index (χ1v) is 8.53. The lowest BCUT2D eigenvalue weighted by Crippen LogP contribution is -2.38. The smallest absolute Gasteiger partial charge is 0.167 e. The summed E-state index contributed by atoms with van der Waals surface area (Å²) < 4.78 is 20.0. The van der Waals surface area contributed by atoms with Crippen molar-refractivity contribution in [2.24, 2.45) is 0 Å². The SMILES string of the molecule is CCC[C@@H](O)[C@H]1O[C@@H](n2cnc3c(N)ncnc32)[C@@H]2OC(C)(C)O[C@@H]21. The highest BCUT2D eigenvalue weighted by Crippen LogP contribution is 2.45. The van der Waals surface area contributed by atoms with Crippen molar-refractivity contribution in [1.82, 2.24) is 19.5 Å². The minimum atomic E-state index is -0.744. The Morgan fingerprint density at radius 3 is 2.80 bits per heavy atom. The van der Waals surface area contributed by atoms with E-state index in [-0.39, 0.29) is 12.2 Å². The first-order chi connectivity index (χ1) is 11.9. The summed E-state index contributed by atoms with van der Waals surface area (Å²) in [5.74, 6) is -0.434. The molecule has 0 saturated carbocycles. The molecule has 9 heteroatoms. The maximum atomic E-state index is 10.5. The van der Waals surface area contributed by atoms with E-state index in [0.29, 0.717) is 23.4 Å². The van der Waals surface area contributed by atoms with Crippen LogP contribution in [0.5, 0.6) is 0 Å². The molecule has 4 rings (SSSR count). The summed E-state index contributed by atoms with van der Waals surface area (Å²) in [4.78, 5) is 12.5. The van der Waals surface area contributed by atoms with Crippen LogP contribution in [0, 0.1) is 0 Å². The van der Waals surface area contributed by atoms with Crippen LogP contribution in [0.3, 0.4) is 0 Å². The number of hydrogen-bond donors (Lipinski definition) is 2. The van der Waals surface area contributed by atoms with Crippen molar-refractivity contribution in [2.75, 3.05) is 5.73 Å². The minimum Gasteiger partial charge on any atom is -0.390 e. The molecule has 0 unspecified atom stereocenters. The van der Waals surface area contributed by atoms with Crippen LogP contribution in [-0.2, 0) is 14.2 Å².